The molecule has 0 bridgehead atoms. The Bertz CT molecular complexity index is 1970. The first-order valence-electron chi connectivity index (χ1n) is 13.1. The van der Waals surface area contributed by atoms with Crippen molar-refractivity contribution in [2.75, 3.05) is 0 Å². The fourth-order valence-corrected chi connectivity index (χ4v) is 7.25. The number of thiazole rings is 2. The molecule has 6 aromatic rings. The summed E-state index contributed by atoms with van der Waals surface area (Å²) >= 11 is 3.25. The van der Waals surface area contributed by atoms with Gasteiger partial charge in [-0.25, -0.2) is 0 Å². The van der Waals surface area contributed by atoms with Gasteiger partial charge in [0.2, 0.25) is 11.0 Å². The zero-order valence-electron chi connectivity index (χ0n) is 22.1. The first kappa shape index (κ1) is 26.9. The molecular formula is C34H24BeN2O2S2+2. The summed E-state index contributed by atoms with van der Waals surface area (Å²) in [5.41, 5.74) is 4.59. The molecule has 4 nitrogen and oxygen atoms in total. The van der Waals surface area contributed by atoms with E-state index in [1.54, 1.807) is 22.7 Å². The van der Waals surface area contributed by atoms with Crippen molar-refractivity contribution in [3.05, 3.63) is 132 Å². The van der Waals surface area contributed by atoms with Crippen LogP contribution in [0.2, 0.25) is 0 Å². The van der Waals surface area contributed by atoms with Crippen molar-refractivity contribution in [1.82, 2.24) is 0 Å². The standard InChI is InChI=1S/C17H13NOS.C17H11NOS.Be/c2*19-16-12-6-2-1-5-11(12)9-10-13(16)17-18-14-7-3-4-8-15(14)20-17;/h1-4,6-11,19H,5H2;1-10,19H;/q;;+2. The number of nitrogens with one attached hydrogen (secondary N) is 2. The smallest absolute Gasteiger partial charge is 0.872 e. The van der Waals surface area contributed by atoms with E-state index in [1.165, 1.54) is 4.70 Å². The number of para-hydroxylation sites is 2. The molecule has 0 aliphatic heterocycles. The second-order valence-corrected chi connectivity index (χ2v) is 11.9. The van der Waals surface area contributed by atoms with Crippen molar-refractivity contribution < 1.29 is 20.2 Å². The summed E-state index contributed by atoms with van der Waals surface area (Å²) in [5, 5.41) is 28.9. The average Bonchev–Trinajstić information content (AvgIpc) is 3.63. The summed E-state index contributed by atoms with van der Waals surface area (Å²) in [6.45, 7) is 0. The molecule has 2 aliphatic carbocycles. The average molecular weight is 566 g/mol. The quantitative estimate of drug-likeness (QED) is 0.239. The van der Waals surface area contributed by atoms with Crippen LogP contribution in [0.5, 0.6) is 5.75 Å². The van der Waals surface area contributed by atoms with Gasteiger partial charge in [0.15, 0.2) is 0 Å². The molecule has 2 aromatic heterocycles. The van der Waals surface area contributed by atoms with Crippen LogP contribution in [0.25, 0.3) is 47.3 Å². The normalized spacial score (nSPS) is 15.8. The first-order chi connectivity index (χ1) is 19.7. The van der Waals surface area contributed by atoms with Crippen LogP contribution in [0.4, 0.5) is 0 Å². The maximum absolute atomic E-state index is 12.6. The Balaban J connectivity index is 0.000000144. The van der Waals surface area contributed by atoms with E-state index in [1.807, 2.05) is 91.0 Å². The molecule has 0 saturated carbocycles. The summed E-state index contributed by atoms with van der Waals surface area (Å²) in [6.07, 6.45) is 11.1. The maximum atomic E-state index is 12.6. The van der Waals surface area contributed by atoms with Crippen LogP contribution in [0.15, 0.2) is 127 Å². The number of H-pyrrole nitrogens is 2. The molecule has 1 atom stereocenters. The van der Waals surface area contributed by atoms with E-state index in [0.717, 1.165) is 59.7 Å². The Kier molecular flexibility index (Phi) is 7.37. The van der Waals surface area contributed by atoms with E-state index < -0.39 is 0 Å². The number of hydrogen-bond acceptors (Lipinski definition) is 4. The third-order valence-electron chi connectivity index (χ3n) is 7.27. The molecule has 2 heterocycles. The second-order valence-electron chi connectivity index (χ2n) is 9.76. The van der Waals surface area contributed by atoms with Crippen molar-refractivity contribution in [3.8, 4) is 16.3 Å². The van der Waals surface area contributed by atoms with Crippen LogP contribution < -0.4 is 20.2 Å². The Morgan fingerprint density at radius 1 is 0.732 bits per heavy atom. The maximum Gasteiger partial charge on any atom is 2.00 e. The molecule has 4 aromatic carbocycles. The zero-order chi connectivity index (χ0) is 27.1. The largest absolute Gasteiger partial charge is 2.00 e. The van der Waals surface area contributed by atoms with Gasteiger partial charge < -0.3 is 10.2 Å². The third kappa shape index (κ3) is 5.02. The Hall–Kier alpha value is -4.35. The summed E-state index contributed by atoms with van der Waals surface area (Å²) in [5.74, 6) is 0.501. The van der Waals surface area contributed by atoms with Gasteiger partial charge in [-0.3, -0.25) is 0 Å². The number of hydrogen-bond donors (Lipinski definition) is 0. The molecule has 194 valence electrons. The van der Waals surface area contributed by atoms with E-state index in [4.69, 9.17) is 0 Å². The van der Waals surface area contributed by atoms with Gasteiger partial charge in [0.05, 0.1) is 5.56 Å². The van der Waals surface area contributed by atoms with Crippen LogP contribution >= 0.6 is 22.7 Å². The molecule has 7 heteroatoms. The fraction of sp³-hybridized carbons (Fsp3) is 0.0588. The molecule has 0 radical (unpaired) electrons. The van der Waals surface area contributed by atoms with E-state index >= 15 is 0 Å². The number of aromatic nitrogens is 2. The number of benzene rings is 4. The second kappa shape index (κ2) is 11.3. The monoisotopic (exact) mass is 565 g/mol. The van der Waals surface area contributed by atoms with Gasteiger partial charge in [-0.05, 0) is 41.0 Å². The number of fused-ring (bicyclic) bond motifs is 4. The van der Waals surface area contributed by atoms with Gasteiger partial charge >= 0.3 is 10.1 Å². The van der Waals surface area contributed by atoms with Gasteiger partial charge in [-0.1, -0.05) is 119 Å². The van der Waals surface area contributed by atoms with Crippen molar-refractivity contribution in [2.24, 2.45) is 5.92 Å². The molecule has 2 aliphatic rings. The van der Waals surface area contributed by atoms with Crippen molar-refractivity contribution in [1.29, 1.82) is 0 Å². The molecule has 2 N–H and O–H groups in total. The minimum absolute atomic E-state index is 0. The van der Waals surface area contributed by atoms with Gasteiger partial charge in [0.25, 0.3) is 10.0 Å². The molecule has 0 saturated heterocycles. The SMILES string of the molecule is [Be+2].[O-]C1=C(c2[nH+]c3ccccc3s2)C=CC2CC=CC=C12.[O-]c1c(-c2[nH+]c3ccccc3s2)ccc2ccccc12. The molecule has 0 fully saturated rings. The number of rotatable bonds is 2. The molecule has 1 unspecified atom stereocenters. The number of allylic oxidation sites excluding steroid dienone is 7. The zero-order valence-corrected chi connectivity index (χ0v) is 23.7. The van der Waals surface area contributed by atoms with Crippen molar-refractivity contribution >= 4 is 69.6 Å². The minimum atomic E-state index is 0. The molecule has 41 heavy (non-hydrogen) atoms. The minimum Gasteiger partial charge on any atom is -0.872 e. The Morgan fingerprint density at radius 3 is 2.15 bits per heavy atom. The predicted octanol–water partition coefficient (Wildman–Crippen LogP) is 6.09. The van der Waals surface area contributed by atoms with Crippen molar-refractivity contribution in [2.45, 2.75) is 6.42 Å². The predicted molar refractivity (Wildman–Crippen MR) is 166 cm³/mol. The van der Waals surface area contributed by atoms with E-state index in [-0.39, 0.29) is 27.5 Å². The van der Waals surface area contributed by atoms with Crippen LogP contribution in [0, 0.1) is 5.92 Å². The van der Waals surface area contributed by atoms with Gasteiger partial charge in [-0.15, -0.1) is 0 Å². The molecule has 0 spiro atoms. The van der Waals surface area contributed by atoms with Crippen molar-refractivity contribution in [3.63, 3.8) is 0 Å². The Labute approximate surface area is 249 Å². The van der Waals surface area contributed by atoms with Gasteiger partial charge in [0, 0.05) is 23.6 Å². The summed E-state index contributed by atoms with van der Waals surface area (Å²) < 4.78 is 2.34. The van der Waals surface area contributed by atoms with Crippen LogP contribution in [0.1, 0.15) is 11.4 Å². The van der Waals surface area contributed by atoms with Gasteiger partial charge in [-0.2, -0.15) is 9.97 Å². The molecular weight excluding hydrogens is 542 g/mol. The first-order valence-corrected chi connectivity index (χ1v) is 14.8. The summed E-state index contributed by atoms with van der Waals surface area (Å²) in [7, 11) is 0. The number of aromatic amines is 2. The fourth-order valence-electron chi connectivity index (χ4n) is 5.20. The topological polar surface area (TPSA) is 74.4 Å². The molecule has 8 rings (SSSR count). The van der Waals surface area contributed by atoms with E-state index in [2.05, 4.69) is 34.3 Å². The summed E-state index contributed by atoms with van der Waals surface area (Å²) in [4.78, 5) is 6.69. The van der Waals surface area contributed by atoms with Gasteiger partial charge in [0.1, 0.15) is 9.40 Å². The van der Waals surface area contributed by atoms with E-state index in [0.29, 0.717) is 0 Å². The molecule has 0 amide bonds. The van der Waals surface area contributed by atoms with Crippen LogP contribution in [0.3, 0.4) is 0 Å². The Morgan fingerprint density at radius 2 is 1.39 bits per heavy atom. The van der Waals surface area contributed by atoms with Crippen LogP contribution in [-0.4, -0.2) is 10.1 Å². The van der Waals surface area contributed by atoms with E-state index in [9.17, 15) is 10.2 Å². The third-order valence-corrected chi connectivity index (χ3v) is 9.47. The van der Waals surface area contributed by atoms with Crippen LogP contribution in [-0.2, 0) is 0 Å². The summed E-state index contributed by atoms with van der Waals surface area (Å²) in [6, 6.07) is 27.8.